The molecular weight excluding hydrogens is 228 g/mol. The predicted octanol–water partition coefficient (Wildman–Crippen LogP) is 1.36. The smallest absolute Gasteiger partial charge is 0.0630 e. The molecule has 0 aromatic rings. The van der Waals surface area contributed by atoms with E-state index in [0.29, 0.717) is 12.0 Å². The maximum Gasteiger partial charge on any atom is 0.0630 e. The summed E-state index contributed by atoms with van der Waals surface area (Å²) in [6, 6.07) is 1.22. The van der Waals surface area contributed by atoms with Gasteiger partial charge in [0.05, 0.1) is 13.2 Å². The molecule has 1 atom stereocenters. The average Bonchev–Trinajstić information content (AvgIpc) is 3.13. The van der Waals surface area contributed by atoms with Gasteiger partial charge in [-0.2, -0.15) is 0 Å². The number of rotatable bonds is 11. The highest BCUT2D eigenvalue weighted by molar-refractivity contribution is 4.89. The van der Waals surface area contributed by atoms with Crippen LogP contribution in [0, 0.1) is 5.92 Å². The van der Waals surface area contributed by atoms with Gasteiger partial charge in [-0.05, 0) is 25.3 Å². The first-order valence-corrected chi connectivity index (χ1v) is 7.13. The fourth-order valence-electron chi connectivity index (χ4n) is 2.27. The lowest BCUT2D eigenvalue weighted by atomic mass is 10.2. The number of methoxy groups -OCH3 is 2. The topological polar surface area (TPSA) is 33.7 Å². The lowest BCUT2D eigenvalue weighted by molar-refractivity contribution is 0.0616. The van der Waals surface area contributed by atoms with Crippen LogP contribution in [0.5, 0.6) is 0 Å². The highest BCUT2D eigenvalue weighted by Gasteiger charge is 2.33. The third-order valence-electron chi connectivity index (χ3n) is 3.33. The molecule has 0 amide bonds. The van der Waals surface area contributed by atoms with Gasteiger partial charge in [0.2, 0.25) is 0 Å². The summed E-state index contributed by atoms with van der Waals surface area (Å²) in [7, 11) is 3.56. The van der Waals surface area contributed by atoms with Crippen molar-refractivity contribution in [2.75, 3.05) is 47.1 Å². The quantitative estimate of drug-likeness (QED) is 0.607. The summed E-state index contributed by atoms with van der Waals surface area (Å²) in [5.41, 5.74) is 0. The first-order chi connectivity index (χ1) is 8.69. The van der Waals surface area contributed by atoms with Crippen LogP contribution in [0.2, 0.25) is 0 Å². The van der Waals surface area contributed by atoms with Gasteiger partial charge in [0.1, 0.15) is 0 Å². The summed E-state index contributed by atoms with van der Waals surface area (Å²) in [4.78, 5) is 2.56. The van der Waals surface area contributed by atoms with E-state index in [1.54, 1.807) is 14.2 Å². The molecule has 0 heterocycles. The summed E-state index contributed by atoms with van der Waals surface area (Å²) in [6.45, 7) is 9.17. The van der Waals surface area contributed by atoms with Gasteiger partial charge in [-0.15, -0.1) is 0 Å². The van der Waals surface area contributed by atoms with Gasteiger partial charge >= 0.3 is 0 Å². The van der Waals surface area contributed by atoms with Gasteiger partial charge in [-0.1, -0.05) is 13.8 Å². The molecule has 0 radical (unpaired) electrons. The minimum atomic E-state index is 0.469. The van der Waals surface area contributed by atoms with Crippen molar-refractivity contribution in [1.29, 1.82) is 0 Å². The van der Waals surface area contributed by atoms with Crippen molar-refractivity contribution >= 4 is 0 Å². The monoisotopic (exact) mass is 258 g/mol. The normalized spacial score (nSPS) is 17.7. The van der Waals surface area contributed by atoms with Crippen LogP contribution < -0.4 is 5.32 Å². The van der Waals surface area contributed by atoms with Crippen LogP contribution in [-0.2, 0) is 9.47 Å². The summed E-state index contributed by atoms with van der Waals surface area (Å²) in [6.07, 6.45) is 2.65. The van der Waals surface area contributed by atoms with Crippen molar-refractivity contribution < 1.29 is 9.47 Å². The Labute approximate surface area is 112 Å². The zero-order valence-corrected chi connectivity index (χ0v) is 12.4. The Kier molecular flexibility index (Phi) is 7.82. The van der Waals surface area contributed by atoms with Gasteiger partial charge in [-0.3, -0.25) is 4.90 Å². The van der Waals surface area contributed by atoms with Crippen LogP contribution in [0.25, 0.3) is 0 Å². The molecule has 1 rings (SSSR count). The Morgan fingerprint density at radius 3 is 2.39 bits per heavy atom. The van der Waals surface area contributed by atoms with Crippen LogP contribution in [-0.4, -0.2) is 64.1 Å². The molecule has 4 nitrogen and oxygen atoms in total. The molecular formula is C14H30N2O2. The standard InChI is InChI=1S/C14H30N2O2/c1-12(2)9-15-10-14(11-18-4)16(7-8-17-3)13-5-6-13/h12-15H,5-11H2,1-4H3. The van der Waals surface area contributed by atoms with Gasteiger partial charge in [0, 0.05) is 39.4 Å². The molecule has 0 spiro atoms. The fraction of sp³-hybridized carbons (Fsp3) is 1.00. The molecule has 4 heteroatoms. The van der Waals surface area contributed by atoms with E-state index in [-0.39, 0.29) is 0 Å². The highest BCUT2D eigenvalue weighted by Crippen LogP contribution is 2.28. The maximum absolute atomic E-state index is 5.38. The second-order valence-electron chi connectivity index (χ2n) is 5.62. The van der Waals surface area contributed by atoms with E-state index in [0.717, 1.165) is 38.9 Å². The van der Waals surface area contributed by atoms with Crippen molar-refractivity contribution in [2.24, 2.45) is 5.92 Å². The molecule has 0 bridgehead atoms. The van der Waals surface area contributed by atoms with E-state index < -0.39 is 0 Å². The van der Waals surface area contributed by atoms with Crippen molar-refractivity contribution in [3.63, 3.8) is 0 Å². The number of hydrogen-bond acceptors (Lipinski definition) is 4. The zero-order valence-electron chi connectivity index (χ0n) is 12.4. The molecule has 1 fully saturated rings. The number of hydrogen-bond donors (Lipinski definition) is 1. The Balaban J connectivity index is 2.39. The summed E-state index contributed by atoms with van der Waals surface area (Å²) in [5, 5.41) is 3.55. The third kappa shape index (κ3) is 6.14. The van der Waals surface area contributed by atoms with Crippen LogP contribution in [0.3, 0.4) is 0 Å². The molecule has 1 saturated carbocycles. The second-order valence-corrected chi connectivity index (χ2v) is 5.62. The van der Waals surface area contributed by atoms with Gasteiger partial charge in [0.15, 0.2) is 0 Å². The number of nitrogens with zero attached hydrogens (tertiary/aromatic N) is 1. The van der Waals surface area contributed by atoms with E-state index in [1.807, 2.05) is 0 Å². The van der Waals surface area contributed by atoms with Gasteiger partial charge < -0.3 is 14.8 Å². The fourth-order valence-corrected chi connectivity index (χ4v) is 2.27. The summed E-state index contributed by atoms with van der Waals surface area (Å²) >= 11 is 0. The Morgan fingerprint density at radius 2 is 1.89 bits per heavy atom. The molecule has 0 aromatic carbocycles. The molecule has 1 aliphatic carbocycles. The minimum Gasteiger partial charge on any atom is -0.383 e. The molecule has 1 aliphatic rings. The first kappa shape index (κ1) is 15.9. The molecule has 1 N–H and O–H groups in total. The van der Waals surface area contributed by atoms with Crippen LogP contribution in [0.15, 0.2) is 0 Å². The molecule has 1 unspecified atom stereocenters. The van der Waals surface area contributed by atoms with E-state index >= 15 is 0 Å². The summed E-state index contributed by atoms with van der Waals surface area (Å²) in [5.74, 6) is 0.696. The molecule has 0 aromatic heterocycles. The van der Waals surface area contributed by atoms with E-state index in [1.165, 1.54) is 12.8 Å². The van der Waals surface area contributed by atoms with E-state index in [9.17, 15) is 0 Å². The van der Waals surface area contributed by atoms with Crippen LogP contribution >= 0.6 is 0 Å². The Hall–Kier alpha value is -0.160. The minimum absolute atomic E-state index is 0.469. The zero-order chi connectivity index (χ0) is 13.4. The van der Waals surface area contributed by atoms with E-state index in [2.05, 4.69) is 24.1 Å². The van der Waals surface area contributed by atoms with Gasteiger partial charge in [0.25, 0.3) is 0 Å². The Morgan fingerprint density at radius 1 is 1.17 bits per heavy atom. The predicted molar refractivity (Wildman–Crippen MR) is 75.0 cm³/mol. The van der Waals surface area contributed by atoms with Crippen molar-refractivity contribution in [3.8, 4) is 0 Å². The van der Waals surface area contributed by atoms with Gasteiger partial charge in [-0.25, -0.2) is 0 Å². The lowest BCUT2D eigenvalue weighted by Gasteiger charge is -2.31. The number of nitrogens with one attached hydrogen (secondary N) is 1. The largest absolute Gasteiger partial charge is 0.383 e. The second kappa shape index (κ2) is 8.86. The van der Waals surface area contributed by atoms with Crippen LogP contribution in [0.1, 0.15) is 26.7 Å². The van der Waals surface area contributed by atoms with Crippen molar-refractivity contribution in [1.82, 2.24) is 10.2 Å². The third-order valence-corrected chi connectivity index (χ3v) is 3.33. The molecule has 18 heavy (non-hydrogen) atoms. The maximum atomic E-state index is 5.38. The average molecular weight is 258 g/mol. The molecule has 0 saturated heterocycles. The van der Waals surface area contributed by atoms with E-state index in [4.69, 9.17) is 9.47 Å². The lowest BCUT2D eigenvalue weighted by Crippen LogP contribution is -2.48. The molecule has 108 valence electrons. The SMILES string of the molecule is COCCN(C1CC1)C(CNCC(C)C)COC. The van der Waals surface area contributed by atoms with Crippen molar-refractivity contribution in [2.45, 2.75) is 38.8 Å². The first-order valence-electron chi connectivity index (χ1n) is 7.13. The van der Waals surface area contributed by atoms with Crippen molar-refractivity contribution in [3.05, 3.63) is 0 Å². The Bertz CT molecular complexity index is 208. The summed E-state index contributed by atoms with van der Waals surface area (Å²) < 4.78 is 10.6. The number of ether oxygens (including phenoxy) is 2. The highest BCUT2D eigenvalue weighted by atomic mass is 16.5. The molecule has 0 aliphatic heterocycles. The van der Waals surface area contributed by atoms with Crippen LogP contribution in [0.4, 0.5) is 0 Å².